The summed E-state index contributed by atoms with van der Waals surface area (Å²) in [6.07, 6.45) is 2.80. The molecule has 1 saturated heterocycles. The maximum absolute atomic E-state index is 2.57. The van der Waals surface area contributed by atoms with Crippen LogP contribution in [0.1, 0.15) is 33.6 Å². The molecule has 2 unspecified atom stereocenters. The second kappa shape index (κ2) is 4.10. The van der Waals surface area contributed by atoms with Crippen LogP contribution in [0.3, 0.4) is 0 Å². The maximum Gasteiger partial charge on any atom is 0.000956 e. The molecule has 0 saturated carbocycles. The van der Waals surface area contributed by atoms with E-state index in [0.29, 0.717) is 0 Å². The van der Waals surface area contributed by atoms with Gasteiger partial charge in [0.05, 0.1) is 0 Å². The Bertz CT molecular complexity index is 111. The zero-order valence-corrected chi connectivity index (χ0v) is 8.14. The van der Waals surface area contributed by atoms with Crippen LogP contribution in [-0.2, 0) is 0 Å². The predicted octanol–water partition coefficient (Wildman–Crippen LogP) is 2.37. The summed E-state index contributed by atoms with van der Waals surface area (Å²) in [5.41, 5.74) is 0. The van der Waals surface area contributed by atoms with Gasteiger partial charge in [-0.05, 0) is 31.3 Å². The molecule has 1 aliphatic heterocycles. The van der Waals surface area contributed by atoms with E-state index >= 15 is 0 Å². The fraction of sp³-hybridized carbons (Fsp3) is 1.00. The number of hydrogen-bond donors (Lipinski definition) is 0. The van der Waals surface area contributed by atoms with E-state index in [2.05, 4.69) is 25.7 Å². The van der Waals surface area contributed by atoms with Crippen molar-refractivity contribution in [3.8, 4) is 0 Å². The third kappa shape index (κ3) is 2.19. The summed E-state index contributed by atoms with van der Waals surface area (Å²) in [5, 5.41) is 0. The molecule has 1 rings (SSSR count). The molecule has 66 valence electrons. The Balaban J connectivity index is 2.34. The summed E-state index contributed by atoms with van der Waals surface area (Å²) in [7, 11) is 0. The first-order chi connectivity index (χ1) is 5.27. The standard InChI is InChI=1S/C10H21N/c1-4-10-6-7-11(5-2)8-9(10)3/h9-10H,4-8H2,1-3H3. The third-order valence-electron chi connectivity index (χ3n) is 3.14. The van der Waals surface area contributed by atoms with Gasteiger partial charge >= 0.3 is 0 Å². The normalized spacial score (nSPS) is 34.1. The van der Waals surface area contributed by atoms with Crippen molar-refractivity contribution in [3.63, 3.8) is 0 Å². The second-order valence-electron chi connectivity index (χ2n) is 3.83. The van der Waals surface area contributed by atoms with Crippen molar-refractivity contribution in [2.75, 3.05) is 19.6 Å². The van der Waals surface area contributed by atoms with E-state index in [0.717, 1.165) is 11.8 Å². The first kappa shape index (κ1) is 9.05. The predicted molar refractivity (Wildman–Crippen MR) is 49.7 cm³/mol. The molecule has 0 aromatic rings. The van der Waals surface area contributed by atoms with Gasteiger partial charge in [-0.15, -0.1) is 0 Å². The molecule has 11 heavy (non-hydrogen) atoms. The Morgan fingerprint density at radius 2 is 2.09 bits per heavy atom. The lowest BCUT2D eigenvalue weighted by Crippen LogP contribution is -2.38. The van der Waals surface area contributed by atoms with E-state index in [1.54, 1.807) is 0 Å². The highest BCUT2D eigenvalue weighted by atomic mass is 15.1. The highest BCUT2D eigenvalue weighted by molar-refractivity contribution is 4.75. The quantitative estimate of drug-likeness (QED) is 0.592. The SMILES string of the molecule is CCC1CCN(CC)CC1C. The molecule has 1 heteroatoms. The lowest BCUT2D eigenvalue weighted by molar-refractivity contribution is 0.132. The number of rotatable bonds is 2. The van der Waals surface area contributed by atoms with E-state index < -0.39 is 0 Å². The average molecular weight is 155 g/mol. The Morgan fingerprint density at radius 3 is 2.55 bits per heavy atom. The van der Waals surface area contributed by atoms with Crippen LogP contribution in [0.25, 0.3) is 0 Å². The van der Waals surface area contributed by atoms with Crippen molar-refractivity contribution in [1.82, 2.24) is 4.90 Å². The van der Waals surface area contributed by atoms with Crippen LogP contribution in [-0.4, -0.2) is 24.5 Å². The van der Waals surface area contributed by atoms with Gasteiger partial charge in [-0.3, -0.25) is 0 Å². The molecule has 1 aliphatic rings. The summed E-state index contributed by atoms with van der Waals surface area (Å²) in [6, 6.07) is 0. The summed E-state index contributed by atoms with van der Waals surface area (Å²) in [6.45, 7) is 10.9. The van der Waals surface area contributed by atoms with Gasteiger partial charge in [0.15, 0.2) is 0 Å². The second-order valence-corrected chi connectivity index (χ2v) is 3.83. The molecule has 0 amide bonds. The largest absolute Gasteiger partial charge is 0.303 e. The molecular weight excluding hydrogens is 134 g/mol. The lowest BCUT2D eigenvalue weighted by Gasteiger charge is -2.35. The molecule has 0 N–H and O–H groups in total. The zero-order chi connectivity index (χ0) is 8.27. The highest BCUT2D eigenvalue weighted by Crippen LogP contribution is 2.25. The number of piperidine rings is 1. The summed E-state index contributed by atoms with van der Waals surface area (Å²) in [5.74, 6) is 1.92. The van der Waals surface area contributed by atoms with Crippen LogP contribution in [0.5, 0.6) is 0 Å². The smallest absolute Gasteiger partial charge is 0.000956 e. The van der Waals surface area contributed by atoms with Gasteiger partial charge in [0.2, 0.25) is 0 Å². The van der Waals surface area contributed by atoms with Gasteiger partial charge in [0.1, 0.15) is 0 Å². The molecular formula is C10H21N. The van der Waals surface area contributed by atoms with Crippen molar-refractivity contribution < 1.29 is 0 Å². The minimum Gasteiger partial charge on any atom is -0.303 e. The zero-order valence-electron chi connectivity index (χ0n) is 8.14. The van der Waals surface area contributed by atoms with Crippen LogP contribution in [0.4, 0.5) is 0 Å². The molecule has 0 radical (unpaired) electrons. The Morgan fingerprint density at radius 1 is 1.36 bits per heavy atom. The topological polar surface area (TPSA) is 3.24 Å². The Kier molecular flexibility index (Phi) is 3.38. The Labute approximate surface area is 70.8 Å². The summed E-state index contributed by atoms with van der Waals surface area (Å²) in [4.78, 5) is 2.57. The van der Waals surface area contributed by atoms with Crippen molar-refractivity contribution in [2.45, 2.75) is 33.6 Å². The van der Waals surface area contributed by atoms with Gasteiger partial charge in [-0.25, -0.2) is 0 Å². The van der Waals surface area contributed by atoms with Crippen molar-refractivity contribution in [1.29, 1.82) is 0 Å². The fourth-order valence-electron chi connectivity index (χ4n) is 2.17. The number of likely N-dealkylation sites (tertiary alicyclic amines) is 1. The van der Waals surface area contributed by atoms with Gasteiger partial charge in [0.25, 0.3) is 0 Å². The highest BCUT2D eigenvalue weighted by Gasteiger charge is 2.23. The first-order valence-corrected chi connectivity index (χ1v) is 5.00. The molecule has 0 aliphatic carbocycles. The monoisotopic (exact) mass is 155 g/mol. The van der Waals surface area contributed by atoms with Crippen LogP contribution in [0.2, 0.25) is 0 Å². The van der Waals surface area contributed by atoms with E-state index in [-0.39, 0.29) is 0 Å². The molecule has 2 atom stereocenters. The van der Waals surface area contributed by atoms with E-state index in [9.17, 15) is 0 Å². The molecule has 0 spiro atoms. The van der Waals surface area contributed by atoms with Crippen molar-refractivity contribution in [3.05, 3.63) is 0 Å². The third-order valence-corrected chi connectivity index (χ3v) is 3.14. The van der Waals surface area contributed by atoms with Gasteiger partial charge in [-0.2, -0.15) is 0 Å². The van der Waals surface area contributed by atoms with E-state index in [1.807, 2.05) is 0 Å². The van der Waals surface area contributed by atoms with Crippen LogP contribution >= 0.6 is 0 Å². The minimum absolute atomic E-state index is 0.925. The minimum atomic E-state index is 0.925. The lowest BCUT2D eigenvalue weighted by atomic mass is 9.85. The van der Waals surface area contributed by atoms with E-state index in [1.165, 1.54) is 32.5 Å². The van der Waals surface area contributed by atoms with Gasteiger partial charge in [0, 0.05) is 6.54 Å². The molecule has 0 aromatic heterocycles. The van der Waals surface area contributed by atoms with Crippen molar-refractivity contribution in [2.24, 2.45) is 11.8 Å². The van der Waals surface area contributed by atoms with E-state index in [4.69, 9.17) is 0 Å². The molecule has 1 heterocycles. The number of hydrogen-bond acceptors (Lipinski definition) is 1. The summed E-state index contributed by atoms with van der Waals surface area (Å²) < 4.78 is 0. The van der Waals surface area contributed by atoms with Crippen molar-refractivity contribution >= 4 is 0 Å². The fourth-order valence-corrected chi connectivity index (χ4v) is 2.17. The van der Waals surface area contributed by atoms with Crippen LogP contribution in [0.15, 0.2) is 0 Å². The maximum atomic E-state index is 2.57. The molecule has 0 aromatic carbocycles. The van der Waals surface area contributed by atoms with Crippen LogP contribution in [0, 0.1) is 11.8 Å². The summed E-state index contributed by atoms with van der Waals surface area (Å²) >= 11 is 0. The van der Waals surface area contributed by atoms with Gasteiger partial charge < -0.3 is 4.90 Å². The van der Waals surface area contributed by atoms with Crippen LogP contribution < -0.4 is 0 Å². The van der Waals surface area contributed by atoms with Gasteiger partial charge in [-0.1, -0.05) is 27.2 Å². The molecule has 1 nitrogen and oxygen atoms in total. The molecule has 0 bridgehead atoms. The molecule has 1 fully saturated rings. The Hall–Kier alpha value is -0.0400. The first-order valence-electron chi connectivity index (χ1n) is 5.00. The average Bonchev–Trinajstić information content (AvgIpc) is 2.04. The number of nitrogens with zero attached hydrogens (tertiary/aromatic N) is 1.